The zero-order valence-corrected chi connectivity index (χ0v) is 17.2. The van der Waals surface area contributed by atoms with Crippen LogP contribution in [0.5, 0.6) is 0 Å². The summed E-state index contributed by atoms with van der Waals surface area (Å²) in [5, 5.41) is 9.44. The number of fused-ring (bicyclic) bond motifs is 2. The lowest BCUT2D eigenvalue weighted by Gasteiger charge is -2.15. The largest absolute Gasteiger partial charge is 0.330 e. The molecule has 0 spiro atoms. The molecule has 0 radical (unpaired) electrons. The SMILES string of the molecule is CCC(CCCN)c1ccc2n[nH]c(S(=O)(=O)c3cccc4ccccc34)c2c1. The Bertz CT molecular complexity index is 1260. The summed E-state index contributed by atoms with van der Waals surface area (Å²) in [6.07, 6.45) is 2.92. The molecule has 0 bridgehead atoms. The summed E-state index contributed by atoms with van der Waals surface area (Å²) in [5.41, 5.74) is 7.46. The molecule has 150 valence electrons. The molecule has 4 aromatic rings. The molecule has 3 aromatic carbocycles. The molecule has 1 aromatic heterocycles. The van der Waals surface area contributed by atoms with Gasteiger partial charge in [0.2, 0.25) is 9.84 Å². The number of nitrogens with two attached hydrogens (primary N) is 1. The average Bonchev–Trinajstić information content (AvgIpc) is 3.18. The topological polar surface area (TPSA) is 88.8 Å². The zero-order valence-electron chi connectivity index (χ0n) is 16.4. The highest BCUT2D eigenvalue weighted by atomic mass is 32.2. The molecule has 4 rings (SSSR count). The van der Waals surface area contributed by atoms with Gasteiger partial charge in [0, 0.05) is 10.8 Å². The maximum absolute atomic E-state index is 13.6. The summed E-state index contributed by atoms with van der Waals surface area (Å²) in [5.74, 6) is 0.353. The van der Waals surface area contributed by atoms with Crippen LogP contribution in [0.25, 0.3) is 21.7 Å². The van der Waals surface area contributed by atoms with Crippen LogP contribution >= 0.6 is 0 Å². The normalized spacial score (nSPS) is 13.2. The quantitative estimate of drug-likeness (QED) is 0.461. The van der Waals surface area contributed by atoms with Crippen LogP contribution in [0.2, 0.25) is 0 Å². The van der Waals surface area contributed by atoms with Gasteiger partial charge in [-0.1, -0.05) is 49.4 Å². The Hall–Kier alpha value is -2.70. The van der Waals surface area contributed by atoms with Crippen molar-refractivity contribution in [2.24, 2.45) is 5.73 Å². The maximum Gasteiger partial charge on any atom is 0.224 e. The van der Waals surface area contributed by atoms with Crippen molar-refractivity contribution in [3.63, 3.8) is 0 Å². The van der Waals surface area contributed by atoms with E-state index in [0.29, 0.717) is 33.6 Å². The number of hydrogen-bond donors (Lipinski definition) is 2. The first-order chi connectivity index (χ1) is 14.1. The smallest absolute Gasteiger partial charge is 0.224 e. The Morgan fingerprint density at radius 3 is 2.62 bits per heavy atom. The third-order valence-corrected chi connectivity index (χ3v) is 7.36. The third kappa shape index (κ3) is 3.54. The number of aromatic amines is 1. The van der Waals surface area contributed by atoms with E-state index in [4.69, 9.17) is 5.73 Å². The predicted molar refractivity (Wildman–Crippen MR) is 117 cm³/mol. The van der Waals surface area contributed by atoms with Crippen LogP contribution in [-0.4, -0.2) is 25.2 Å². The predicted octanol–water partition coefficient (Wildman–Crippen LogP) is 4.78. The monoisotopic (exact) mass is 407 g/mol. The van der Waals surface area contributed by atoms with Crippen LogP contribution in [0.4, 0.5) is 0 Å². The second-order valence-electron chi connectivity index (χ2n) is 7.35. The van der Waals surface area contributed by atoms with Crippen molar-refractivity contribution in [2.75, 3.05) is 6.54 Å². The number of benzene rings is 3. The lowest BCUT2D eigenvalue weighted by molar-refractivity contribution is 0.581. The van der Waals surface area contributed by atoms with Crippen LogP contribution in [-0.2, 0) is 9.84 Å². The Kier molecular flexibility index (Phi) is 5.39. The molecule has 0 fully saturated rings. The standard InChI is InChI=1S/C23H25N3O2S/c1-2-16(9-6-14-24)18-12-13-21-20(15-18)23(26-25-21)29(27,28)22-11-5-8-17-7-3-4-10-19(17)22/h3-5,7-8,10-13,15-16H,2,6,9,14,24H2,1H3,(H,25,26). The third-order valence-electron chi connectivity index (χ3n) is 5.57. The summed E-state index contributed by atoms with van der Waals surface area (Å²) < 4.78 is 27.1. The maximum atomic E-state index is 13.6. The molecular formula is C23H25N3O2S. The molecule has 3 N–H and O–H groups in total. The van der Waals surface area contributed by atoms with E-state index in [1.165, 1.54) is 0 Å². The minimum atomic E-state index is -3.75. The van der Waals surface area contributed by atoms with Gasteiger partial charge in [0.05, 0.1) is 10.4 Å². The summed E-state index contributed by atoms with van der Waals surface area (Å²) in [6.45, 7) is 2.81. The Balaban J connectivity index is 1.85. The van der Waals surface area contributed by atoms with Crippen LogP contribution in [0.1, 0.15) is 37.7 Å². The number of hydrogen-bond acceptors (Lipinski definition) is 4. The van der Waals surface area contributed by atoms with Crippen molar-refractivity contribution < 1.29 is 8.42 Å². The first kappa shape index (κ1) is 19.6. The first-order valence-electron chi connectivity index (χ1n) is 9.97. The molecule has 1 unspecified atom stereocenters. The van der Waals surface area contributed by atoms with Crippen molar-refractivity contribution in [3.05, 3.63) is 66.2 Å². The Morgan fingerprint density at radius 1 is 1.03 bits per heavy atom. The molecule has 1 atom stereocenters. The van der Waals surface area contributed by atoms with Crippen molar-refractivity contribution in [1.82, 2.24) is 10.2 Å². The number of aromatic nitrogens is 2. The lowest BCUT2D eigenvalue weighted by atomic mass is 9.91. The fourth-order valence-electron chi connectivity index (χ4n) is 3.97. The van der Waals surface area contributed by atoms with Gasteiger partial charge in [-0.05, 0) is 60.9 Å². The average molecular weight is 408 g/mol. The zero-order chi connectivity index (χ0) is 20.4. The summed E-state index contributed by atoms with van der Waals surface area (Å²) in [7, 11) is -3.75. The number of nitrogens with zero attached hydrogens (tertiary/aromatic N) is 1. The minimum Gasteiger partial charge on any atom is -0.330 e. The van der Waals surface area contributed by atoms with E-state index < -0.39 is 9.84 Å². The molecule has 0 aliphatic heterocycles. The highest BCUT2D eigenvalue weighted by molar-refractivity contribution is 7.91. The van der Waals surface area contributed by atoms with E-state index in [-0.39, 0.29) is 5.03 Å². The summed E-state index contributed by atoms with van der Waals surface area (Å²) in [4.78, 5) is 0.293. The van der Waals surface area contributed by atoms with Gasteiger partial charge in [-0.25, -0.2) is 8.42 Å². The van der Waals surface area contributed by atoms with Crippen LogP contribution in [0.3, 0.4) is 0 Å². The highest BCUT2D eigenvalue weighted by Crippen LogP contribution is 2.33. The highest BCUT2D eigenvalue weighted by Gasteiger charge is 2.25. The minimum absolute atomic E-state index is 0.152. The molecule has 6 heteroatoms. The molecule has 0 aliphatic carbocycles. The van der Waals surface area contributed by atoms with E-state index in [0.717, 1.165) is 30.2 Å². The molecular weight excluding hydrogens is 382 g/mol. The van der Waals surface area contributed by atoms with Gasteiger partial charge in [0.1, 0.15) is 0 Å². The second-order valence-corrected chi connectivity index (χ2v) is 9.20. The van der Waals surface area contributed by atoms with Gasteiger partial charge in [-0.15, -0.1) is 0 Å². The van der Waals surface area contributed by atoms with Gasteiger partial charge in [-0.2, -0.15) is 5.10 Å². The molecule has 0 amide bonds. The number of rotatable bonds is 7. The summed E-state index contributed by atoms with van der Waals surface area (Å²) >= 11 is 0. The van der Waals surface area contributed by atoms with Gasteiger partial charge in [0.15, 0.2) is 5.03 Å². The number of H-pyrrole nitrogens is 1. The van der Waals surface area contributed by atoms with Crippen LogP contribution < -0.4 is 5.73 Å². The second kappa shape index (κ2) is 7.97. The van der Waals surface area contributed by atoms with E-state index >= 15 is 0 Å². The van der Waals surface area contributed by atoms with Gasteiger partial charge >= 0.3 is 0 Å². The number of nitrogens with one attached hydrogen (secondary N) is 1. The number of sulfone groups is 1. The van der Waals surface area contributed by atoms with E-state index in [2.05, 4.69) is 17.1 Å². The molecule has 1 heterocycles. The fraction of sp³-hybridized carbons (Fsp3) is 0.261. The van der Waals surface area contributed by atoms with Crippen molar-refractivity contribution >= 4 is 31.5 Å². The van der Waals surface area contributed by atoms with Crippen molar-refractivity contribution in [1.29, 1.82) is 0 Å². The van der Waals surface area contributed by atoms with Gasteiger partial charge in [-0.3, -0.25) is 5.10 Å². The fourth-order valence-corrected chi connectivity index (χ4v) is 5.55. The van der Waals surface area contributed by atoms with Crippen LogP contribution in [0, 0.1) is 0 Å². The molecule has 0 saturated heterocycles. The molecule has 0 aliphatic rings. The molecule has 29 heavy (non-hydrogen) atoms. The van der Waals surface area contributed by atoms with Crippen molar-refractivity contribution in [3.8, 4) is 0 Å². The Morgan fingerprint density at radius 2 is 1.83 bits per heavy atom. The Labute approximate surface area is 170 Å². The van der Waals surface area contributed by atoms with Gasteiger partial charge < -0.3 is 5.73 Å². The van der Waals surface area contributed by atoms with Gasteiger partial charge in [0.25, 0.3) is 0 Å². The van der Waals surface area contributed by atoms with E-state index in [1.54, 1.807) is 12.1 Å². The lowest BCUT2D eigenvalue weighted by Crippen LogP contribution is -2.05. The summed E-state index contributed by atoms with van der Waals surface area (Å²) in [6, 6.07) is 18.8. The van der Waals surface area contributed by atoms with E-state index in [1.807, 2.05) is 48.5 Å². The first-order valence-corrected chi connectivity index (χ1v) is 11.5. The van der Waals surface area contributed by atoms with Crippen LogP contribution in [0.15, 0.2) is 70.6 Å². The molecule has 0 saturated carbocycles. The molecule has 5 nitrogen and oxygen atoms in total. The van der Waals surface area contributed by atoms with Crippen molar-refractivity contribution in [2.45, 2.75) is 42.0 Å². The van der Waals surface area contributed by atoms with E-state index in [9.17, 15) is 8.42 Å².